The zero-order valence-electron chi connectivity index (χ0n) is 14.4. The fourth-order valence-electron chi connectivity index (χ4n) is 2.30. The molecule has 0 bridgehead atoms. The third kappa shape index (κ3) is 3.81. The minimum absolute atomic E-state index is 0.392. The Bertz CT molecular complexity index is 1030. The van der Waals surface area contributed by atoms with Crippen molar-refractivity contribution < 1.29 is 18.4 Å². The smallest absolute Gasteiger partial charge is 0.277 e. The van der Waals surface area contributed by atoms with Crippen molar-refractivity contribution in [1.82, 2.24) is 20.3 Å². The molecule has 4 aromatic rings. The highest BCUT2D eigenvalue weighted by molar-refractivity contribution is 7.98. The fraction of sp³-hybridized carbons (Fsp3) is 0.176. The van der Waals surface area contributed by atoms with Gasteiger partial charge in [0.2, 0.25) is 17.6 Å². The van der Waals surface area contributed by atoms with Gasteiger partial charge in [0.05, 0.1) is 20.0 Å². The van der Waals surface area contributed by atoms with Crippen molar-refractivity contribution >= 4 is 23.1 Å². The number of hydrogen-bond donors (Lipinski definition) is 0. The molecule has 3 heterocycles. The molecule has 0 radical (unpaired) electrons. The lowest BCUT2D eigenvalue weighted by molar-refractivity contribution is 0.355. The van der Waals surface area contributed by atoms with Crippen LogP contribution >= 0.6 is 23.1 Å². The van der Waals surface area contributed by atoms with Gasteiger partial charge in [-0.25, -0.2) is 0 Å². The average Bonchev–Trinajstić information content (AvgIpc) is 3.46. The minimum Gasteiger partial charge on any atom is -0.493 e. The molecule has 138 valence electrons. The molecule has 0 saturated carbocycles. The second-order valence-corrected chi connectivity index (χ2v) is 6.96. The first-order chi connectivity index (χ1) is 13.3. The lowest BCUT2D eigenvalue weighted by atomic mass is 10.2. The van der Waals surface area contributed by atoms with Crippen LogP contribution in [0.5, 0.6) is 11.5 Å². The third-order valence-electron chi connectivity index (χ3n) is 3.60. The summed E-state index contributed by atoms with van der Waals surface area (Å²) in [6.07, 6.45) is 0. The van der Waals surface area contributed by atoms with E-state index in [-0.39, 0.29) is 0 Å². The maximum Gasteiger partial charge on any atom is 0.277 e. The normalized spacial score (nSPS) is 10.9. The van der Waals surface area contributed by atoms with E-state index >= 15 is 0 Å². The summed E-state index contributed by atoms with van der Waals surface area (Å²) in [6.45, 7) is 0. The van der Waals surface area contributed by atoms with Crippen LogP contribution in [0.15, 0.2) is 49.2 Å². The molecule has 0 aliphatic carbocycles. The molecule has 0 unspecified atom stereocenters. The number of thiophene rings is 1. The van der Waals surface area contributed by atoms with Crippen molar-refractivity contribution in [3.63, 3.8) is 0 Å². The number of ether oxygens (including phenoxy) is 2. The molecule has 0 aliphatic rings. The number of rotatable bonds is 7. The van der Waals surface area contributed by atoms with E-state index in [9.17, 15) is 0 Å². The van der Waals surface area contributed by atoms with Gasteiger partial charge >= 0.3 is 0 Å². The van der Waals surface area contributed by atoms with E-state index in [0.717, 1.165) is 11.1 Å². The van der Waals surface area contributed by atoms with Gasteiger partial charge in [-0.3, -0.25) is 0 Å². The van der Waals surface area contributed by atoms with E-state index in [1.165, 1.54) is 11.8 Å². The summed E-state index contributed by atoms with van der Waals surface area (Å²) in [7, 11) is 3.16. The van der Waals surface area contributed by atoms with Gasteiger partial charge in [0, 0.05) is 16.5 Å². The lowest BCUT2D eigenvalue weighted by Gasteiger charge is -2.07. The van der Waals surface area contributed by atoms with Crippen LogP contribution in [0, 0.1) is 0 Å². The van der Waals surface area contributed by atoms with Crippen LogP contribution in [0.2, 0.25) is 0 Å². The van der Waals surface area contributed by atoms with E-state index < -0.39 is 0 Å². The van der Waals surface area contributed by atoms with E-state index in [2.05, 4.69) is 20.3 Å². The molecule has 1 aromatic carbocycles. The quantitative estimate of drug-likeness (QED) is 0.422. The summed E-state index contributed by atoms with van der Waals surface area (Å²) in [5.41, 5.74) is 1.68. The van der Waals surface area contributed by atoms with Crippen molar-refractivity contribution in [1.29, 1.82) is 0 Å². The van der Waals surface area contributed by atoms with Gasteiger partial charge in [-0.15, -0.1) is 10.2 Å². The second-order valence-electron chi connectivity index (χ2n) is 5.26. The summed E-state index contributed by atoms with van der Waals surface area (Å²) >= 11 is 2.91. The van der Waals surface area contributed by atoms with Crippen LogP contribution in [0.3, 0.4) is 0 Å². The Kier molecular flexibility index (Phi) is 5.07. The Balaban J connectivity index is 1.44. The molecule has 0 aliphatic heterocycles. The average molecular weight is 402 g/mol. The Morgan fingerprint density at radius 2 is 1.96 bits per heavy atom. The summed E-state index contributed by atoms with van der Waals surface area (Å²) in [5, 5.41) is 16.4. The Morgan fingerprint density at radius 1 is 1.07 bits per heavy atom. The molecule has 4 rings (SSSR count). The number of thioether (sulfide) groups is 1. The van der Waals surface area contributed by atoms with Crippen LogP contribution in [0.25, 0.3) is 22.8 Å². The topological polar surface area (TPSA) is 96.3 Å². The van der Waals surface area contributed by atoms with Crippen LogP contribution in [-0.2, 0) is 5.75 Å². The summed E-state index contributed by atoms with van der Waals surface area (Å²) in [4.78, 5) is 4.36. The molecule has 0 N–H and O–H groups in total. The zero-order valence-corrected chi connectivity index (χ0v) is 16.0. The van der Waals surface area contributed by atoms with Gasteiger partial charge in [0.1, 0.15) is 0 Å². The summed E-state index contributed by atoms with van der Waals surface area (Å²) < 4.78 is 21.5. The molecule has 10 heteroatoms. The molecule has 0 fully saturated rings. The predicted molar refractivity (Wildman–Crippen MR) is 100 cm³/mol. The monoisotopic (exact) mass is 402 g/mol. The molecule has 0 spiro atoms. The number of hydrogen-bond acceptors (Lipinski definition) is 10. The van der Waals surface area contributed by atoms with Crippen LogP contribution in [0.4, 0.5) is 0 Å². The van der Waals surface area contributed by atoms with Crippen molar-refractivity contribution in [3.8, 4) is 34.3 Å². The molecule has 0 atom stereocenters. The molecular formula is C17H14N4O4S2. The number of benzene rings is 1. The molecule has 0 amide bonds. The molecular weight excluding hydrogens is 388 g/mol. The number of methoxy groups -OCH3 is 2. The van der Waals surface area contributed by atoms with Crippen molar-refractivity contribution in [3.05, 3.63) is 40.9 Å². The van der Waals surface area contributed by atoms with E-state index in [0.29, 0.717) is 40.1 Å². The highest BCUT2D eigenvalue weighted by atomic mass is 32.2. The zero-order chi connectivity index (χ0) is 18.6. The molecule has 8 nitrogen and oxygen atoms in total. The van der Waals surface area contributed by atoms with Crippen molar-refractivity contribution in [2.75, 3.05) is 14.2 Å². The van der Waals surface area contributed by atoms with E-state index in [1.54, 1.807) is 37.7 Å². The molecule has 3 aromatic heterocycles. The van der Waals surface area contributed by atoms with Gasteiger partial charge in [0.15, 0.2) is 11.5 Å². The van der Waals surface area contributed by atoms with Gasteiger partial charge in [-0.2, -0.15) is 16.3 Å². The maximum absolute atomic E-state index is 5.70. The first-order valence-corrected chi connectivity index (χ1v) is 9.73. The Morgan fingerprint density at radius 3 is 2.74 bits per heavy atom. The van der Waals surface area contributed by atoms with E-state index in [4.69, 9.17) is 18.4 Å². The largest absolute Gasteiger partial charge is 0.493 e. The lowest BCUT2D eigenvalue weighted by Crippen LogP contribution is -1.90. The van der Waals surface area contributed by atoms with Crippen molar-refractivity contribution in [2.45, 2.75) is 11.0 Å². The highest BCUT2D eigenvalue weighted by Gasteiger charge is 2.14. The highest BCUT2D eigenvalue weighted by Crippen LogP contribution is 2.33. The molecule has 0 saturated heterocycles. The van der Waals surface area contributed by atoms with Gasteiger partial charge in [0.25, 0.3) is 5.22 Å². The SMILES string of the molecule is COc1ccc(-c2nnc(SCc3nc(-c4ccsc4)no3)o2)cc1OC. The third-order valence-corrected chi connectivity index (χ3v) is 5.09. The maximum atomic E-state index is 5.70. The van der Waals surface area contributed by atoms with Gasteiger partial charge in [-0.1, -0.05) is 16.9 Å². The Hall–Kier alpha value is -2.85. The predicted octanol–water partition coefficient (Wildman–Crippen LogP) is 4.16. The summed E-state index contributed by atoms with van der Waals surface area (Å²) in [5.74, 6) is 3.12. The van der Waals surface area contributed by atoms with Crippen molar-refractivity contribution in [2.24, 2.45) is 0 Å². The first-order valence-electron chi connectivity index (χ1n) is 7.80. The fourth-order valence-corrected chi connectivity index (χ4v) is 3.53. The standard InChI is InChI=1S/C17H14N4O4S2/c1-22-12-4-3-10(7-13(12)23-2)16-19-20-17(24-16)27-9-14-18-15(21-25-14)11-5-6-26-8-11/h3-8H,9H2,1-2H3. The minimum atomic E-state index is 0.392. The van der Waals surface area contributed by atoms with E-state index in [1.807, 2.05) is 22.9 Å². The van der Waals surface area contributed by atoms with Crippen LogP contribution in [0.1, 0.15) is 5.89 Å². The summed E-state index contributed by atoms with van der Waals surface area (Å²) in [6, 6.07) is 7.34. The first kappa shape index (κ1) is 17.6. The number of aromatic nitrogens is 4. The number of nitrogens with zero attached hydrogens (tertiary/aromatic N) is 4. The van der Waals surface area contributed by atoms with Gasteiger partial charge in [-0.05, 0) is 29.6 Å². The van der Waals surface area contributed by atoms with Gasteiger partial charge < -0.3 is 18.4 Å². The Labute approximate surface area is 162 Å². The van der Waals surface area contributed by atoms with Crippen LogP contribution < -0.4 is 9.47 Å². The van der Waals surface area contributed by atoms with Crippen LogP contribution in [-0.4, -0.2) is 34.6 Å². The second kappa shape index (κ2) is 7.80. The molecule has 27 heavy (non-hydrogen) atoms.